The molecule has 120 valence electrons. The number of carbonyl (C=O) groups is 1. The Morgan fingerprint density at radius 2 is 2.14 bits per heavy atom. The van der Waals surface area contributed by atoms with Crippen LogP contribution in [0.5, 0.6) is 5.75 Å². The second-order valence-corrected chi connectivity index (χ2v) is 6.86. The summed E-state index contributed by atoms with van der Waals surface area (Å²) in [5.74, 6) is 0.236. The lowest BCUT2D eigenvalue weighted by atomic mass is 9.75. The van der Waals surface area contributed by atoms with Gasteiger partial charge in [-0.15, -0.1) is 0 Å². The Hall–Kier alpha value is -1.75. The van der Waals surface area contributed by atoms with Gasteiger partial charge in [0.15, 0.2) is 0 Å². The zero-order chi connectivity index (χ0) is 15.7. The molecule has 0 aliphatic carbocycles. The number of amides is 2. The molecule has 2 saturated heterocycles. The Morgan fingerprint density at radius 3 is 2.73 bits per heavy atom. The molecular formula is C17H24N2O3. The summed E-state index contributed by atoms with van der Waals surface area (Å²) in [5, 5.41) is 12.3. The topological polar surface area (TPSA) is 61.8 Å². The van der Waals surface area contributed by atoms with Gasteiger partial charge in [0.25, 0.3) is 0 Å². The second kappa shape index (κ2) is 5.80. The molecule has 2 aliphatic rings. The largest absolute Gasteiger partial charge is 0.508 e. The molecule has 0 aromatic heterocycles. The maximum absolute atomic E-state index is 12.2. The average Bonchev–Trinajstić information content (AvgIpc) is 3.07. The van der Waals surface area contributed by atoms with Crippen LogP contribution in [-0.4, -0.2) is 41.8 Å². The van der Waals surface area contributed by atoms with Crippen molar-refractivity contribution in [2.24, 2.45) is 5.41 Å². The molecule has 2 heterocycles. The fourth-order valence-electron chi connectivity index (χ4n) is 3.57. The molecule has 5 nitrogen and oxygen atoms in total. The number of ether oxygens (including phenoxy) is 1. The van der Waals surface area contributed by atoms with Gasteiger partial charge in [-0.1, -0.05) is 19.1 Å². The number of phenols is 1. The lowest BCUT2D eigenvalue weighted by molar-refractivity contribution is 0.0676. The van der Waals surface area contributed by atoms with Gasteiger partial charge in [-0.3, -0.25) is 0 Å². The van der Waals surface area contributed by atoms with E-state index in [9.17, 15) is 9.90 Å². The van der Waals surface area contributed by atoms with Gasteiger partial charge in [0.05, 0.1) is 12.2 Å². The highest BCUT2D eigenvalue weighted by Gasteiger charge is 2.49. The number of nitrogens with one attached hydrogen (secondary N) is 1. The summed E-state index contributed by atoms with van der Waals surface area (Å²) in [6, 6.07) is 6.84. The lowest BCUT2D eigenvalue weighted by Gasteiger charge is -2.32. The Bertz CT molecular complexity index is 545. The zero-order valence-corrected chi connectivity index (χ0v) is 13.2. The molecule has 0 radical (unpaired) electrons. The molecule has 1 aromatic carbocycles. The van der Waals surface area contributed by atoms with E-state index in [1.54, 1.807) is 24.1 Å². The van der Waals surface area contributed by atoms with Gasteiger partial charge in [0, 0.05) is 25.6 Å². The van der Waals surface area contributed by atoms with Crippen LogP contribution in [-0.2, 0) is 11.3 Å². The Kier molecular flexibility index (Phi) is 4.00. The van der Waals surface area contributed by atoms with Crippen molar-refractivity contribution >= 4 is 6.03 Å². The summed E-state index contributed by atoms with van der Waals surface area (Å²) < 4.78 is 5.90. The van der Waals surface area contributed by atoms with E-state index in [0.717, 1.165) is 24.8 Å². The van der Waals surface area contributed by atoms with Gasteiger partial charge in [-0.2, -0.15) is 0 Å². The monoisotopic (exact) mass is 304 g/mol. The minimum absolute atomic E-state index is 0.0674. The number of urea groups is 1. The number of benzene rings is 1. The Labute approximate surface area is 131 Å². The second-order valence-electron chi connectivity index (χ2n) is 6.86. The third-order valence-electron chi connectivity index (χ3n) is 4.93. The molecule has 2 fully saturated rings. The van der Waals surface area contributed by atoms with Crippen molar-refractivity contribution in [1.29, 1.82) is 0 Å². The molecule has 3 unspecified atom stereocenters. The van der Waals surface area contributed by atoms with E-state index in [1.807, 2.05) is 12.1 Å². The van der Waals surface area contributed by atoms with Gasteiger partial charge in [-0.25, -0.2) is 4.79 Å². The molecule has 2 N–H and O–H groups in total. The number of aromatic hydroxyl groups is 1. The number of carbonyl (C=O) groups excluding carboxylic acids is 1. The van der Waals surface area contributed by atoms with E-state index in [4.69, 9.17) is 4.74 Å². The molecule has 0 saturated carbocycles. The summed E-state index contributed by atoms with van der Waals surface area (Å²) in [7, 11) is 1.78. The maximum Gasteiger partial charge on any atom is 0.317 e. The molecule has 1 aromatic rings. The van der Waals surface area contributed by atoms with E-state index >= 15 is 0 Å². The normalized spacial score (nSPS) is 29.5. The SMILES string of the molecule is CN(Cc1ccc(O)cc1)C(=O)NCC1(C)CC2CCC1O2. The fraction of sp³-hybridized carbons (Fsp3) is 0.588. The molecule has 0 spiro atoms. The van der Waals surface area contributed by atoms with Gasteiger partial charge in [-0.05, 0) is 37.0 Å². The molecule has 2 bridgehead atoms. The highest BCUT2D eigenvalue weighted by Crippen LogP contribution is 2.46. The summed E-state index contributed by atoms with van der Waals surface area (Å²) >= 11 is 0. The van der Waals surface area contributed by atoms with Crippen LogP contribution in [0.1, 0.15) is 31.7 Å². The number of fused-ring (bicyclic) bond motifs is 2. The predicted octanol–water partition coefficient (Wildman–Crippen LogP) is 2.49. The van der Waals surface area contributed by atoms with Crippen molar-refractivity contribution in [2.75, 3.05) is 13.6 Å². The molecular weight excluding hydrogens is 280 g/mol. The van der Waals surface area contributed by atoms with Crippen LogP contribution in [0.3, 0.4) is 0 Å². The van der Waals surface area contributed by atoms with E-state index in [2.05, 4.69) is 12.2 Å². The van der Waals surface area contributed by atoms with Gasteiger partial charge in [0.1, 0.15) is 5.75 Å². The van der Waals surface area contributed by atoms with Gasteiger partial charge in [0.2, 0.25) is 0 Å². The third kappa shape index (κ3) is 3.04. The van der Waals surface area contributed by atoms with E-state index < -0.39 is 0 Å². The van der Waals surface area contributed by atoms with E-state index in [0.29, 0.717) is 25.3 Å². The number of rotatable bonds is 4. The summed E-state index contributed by atoms with van der Waals surface area (Å²) in [5.41, 5.74) is 1.06. The van der Waals surface area contributed by atoms with E-state index in [-0.39, 0.29) is 17.2 Å². The average molecular weight is 304 g/mol. The fourth-order valence-corrected chi connectivity index (χ4v) is 3.57. The smallest absolute Gasteiger partial charge is 0.317 e. The summed E-state index contributed by atoms with van der Waals surface area (Å²) in [6.07, 6.45) is 4.00. The van der Waals surface area contributed by atoms with Crippen molar-refractivity contribution in [1.82, 2.24) is 10.2 Å². The van der Waals surface area contributed by atoms with Crippen LogP contribution in [0.25, 0.3) is 0 Å². The van der Waals surface area contributed by atoms with Crippen LogP contribution in [0.4, 0.5) is 4.79 Å². The van der Waals surface area contributed by atoms with Crippen molar-refractivity contribution in [3.63, 3.8) is 0 Å². The third-order valence-corrected chi connectivity index (χ3v) is 4.93. The molecule has 3 rings (SSSR count). The zero-order valence-electron chi connectivity index (χ0n) is 13.2. The van der Waals surface area contributed by atoms with Crippen molar-refractivity contribution in [3.05, 3.63) is 29.8 Å². The number of hydrogen-bond donors (Lipinski definition) is 2. The summed E-state index contributed by atoms with van der Waals surface area (Å²) in [6.45, 7) is 3.38. The minimum Gasteiger partial charge on any atom is -0.508 e. The quantitative estimate of drug-likeness (QED) is 0.898. The van der Waals surface area contributed by atoms with Crippen LogP contribution >= 0.6 is 0 Å². The van der Waals surface area contributed by atoms with Crippen molar-refractivity contribution < 1.29 is 14.6 Å². The number of phenolic OH excluding ortho intramolecular Hbond substituents is 1. The maximum atomic E-state index is 12.2. The standard InChI is InChI=1S/C17H24N2O3/c1-17(9-14-7-8-15(17)22-14)11-18-16(21)19(2)10-12-3-5-13(20)6-4-12/h3-6,14-15,20H,7-11H2,1-2H3,(H,18,21). The highest BCUT2D eigenvalue weighted by atomic mass is 16.5. The van der Waals surface area contributed by atoms with Crippen LogP contribution in [0.2, 0.25) is 0 Å². The molecule has 3 atom stereocenters. The van der Waals surface area contributed by atoms with Crippen LogP contribution in [0, 0.1) is 5.41 Å². The van der Waals surface area contributed by atoms with E-state index in [1.165, 1.54) is 0 Å². The first kappa shape index (κ1) is 15.2. The van der Waals surface area contributed by atoms with Gasteiger partial charge < -0.3 is 20.1 Å². The first-order chi connectivity index (χ1) is 10.5. The number of hydrogen-bond acceptors (Lipinski definition) is 3. The first-order valence-electron chi connectivity index (χ1n) is 7.89. The lowest BCUT2D eigenvalue weighted by Crippen LogP contribution is -2.45. The minimum atomic E-state index is -0.0722. The predicted molar refractivity (Wildman–Crippen MR) is 83.6 cm³/mol. The van der Waals surface area contributed by atoms with Crippen LogP contribution in [0.15, 0.2) is 24.3 Å². The Morgan fingerprint density at radius 1 is 1.41 bits per heavy atom. The molecule has 2 aliphatic heterocycles. The number of nitrogens with zero attached hydrogens (tertiary/aromatic N) is 1. The van der Waals surface area contributed by atoms with Crippen molar-refractivity contribution in [3.8, 4) is 5.75 Å². The molecule has 22 heavy (non-hydrogen) atoms. The molecule has 2 amide bonds. The first-order valence-corrected chi connectivity index (χ1v) is 7.89. The van der Waals surface area contributed by atoms with Crippen molar-refractivity contribution in [2.45, 2.75) is 44.9 Å². The van der Waals surface area contributed by atoms with Gasteiger partial charge >= 0.3 is 6.03 Å². The van der Waals surface area contributed by atoms with Crippen LogP contribution < -0.4 is 5.32 Å². The highest BCUT2D eigenvalue weighted by molar-refractivity contribution is 5.73. The molecule has 5 heteroatoms. The Balaban J connectivity index is 1.50. The summed E-state index contributed by atoms with van der Waals surface area (Å²) in [4.78, 5) is 13.9.